The van der Waals surface area contributed by atoms with Gasteiger partial charge in [-0.3, -0.25) is 0 Å². The largest absolute Gasteiger partial charge is 0.222 e. The first-order valence-electron chi connectivity index (χ1n) is 3.08. The Labute approximate surface area is 75.6 Å². The topological polar surface area (TPSA) is 12.9 Å². The van der Waals surface area contributed by atoms with Gasteiger partial charge in [0.15, 0.2) is 16.1 Å². The highest BCUT2D eigenvalue weighted by molar-refractivity contribution is 7.22. The molecule has 1 aromatic carbocycles. The molecule has 12 heavy (non-hydrogen) atoms. The van der Waals surface area contributed by atoms with Gasteiger partial charge >= 0.3 is 0 Å². The molecule has 0 fully saturated rings. The van der Waals surface area contributed by atoms with E-state index in [2.05, 4.69) is 4.98 Å². The number of halogens is 3. The van der Waals surface area contributed by atoms with Crippen LogP contribution in [0.1, 0.15) is 0 Å². The average molecular weight is 206 g/mol. The van der Waals surface area contributed by atoms with Crippen molar-refractivity contribution in [3.8, 4) is 0 Å². The second-order valence-corrected chi connectivity index (χ2v) is 3.79. The third-order valence-corrected chi connectivity index (χ3v) is 2.55. The number of hydrogen-bond donors (Lipinski definition) is 0. The van der Waals surface area contributed by atoms with Gasteiger partial charge in [-0.25, -0.2) is 13.8 Å². The summed E-state index contributed by atoms with van der Waals surface area (Å²) in [5.74, 6) is -1.83. The second-order valence-electron chi connectivity index (χ2n) is 2.17. The van der Waals surface area contributed by atoms with Gasteiger partial charge in [0.05, 0.1) is 4.70 Å². The summed E-state index contributed by atoms with van der Waals surface area (Å²) >= 11 is 6.65. The van der Waals surface area contributed by atoms with E-state index in [0.29, 0.717) is 4.70 Å². The molecule has 0 spiro atoms. The van der Waals surface area contributed by atoms with E-state index >= 15 is 0 Å². The SMILES string of the molecule is Fc1ccc2sc(Cl)nc2c1F. The van der Waals surface area contributed by atoms with Crippen LogP contribution in [-0.4, -0.2) is 4.98 Å². The molecule has 0 radical (unpaired) electrons. The van der Waals surface area contributed by atoms with Crippen molar-refractivity contribution in [2.45, 2.75) is 0 Å². The molecule has 2 aromatic rings. The first-order valence-corrected chi connectivity index (χ1v) is 4.28. The minimum atomic E-state index is -0.935. The molecule has 0 bridgehead atoms. The van der Waals surface area contributed by atoms with Crippen LogP contribution >= 0.6 is 22.9 Å². The minimum absolute atomic E-state index is 0.00463. The van der Waals surface area contributed by atoms with Gasteiger partial charge in [0.25, 0.3) is 0 Å². The Bertz CT molecular complexity index is 440. The summed E-state index contributed by atoms with van der Waals surface area (Å²) in [6, 6.07) is 2.52. The maximum Gasteiger partial charge on any atom is 0.185 e. The fourth-order valence-electron chi connectivity index (χ4n) is 0.910. The molecule has 0 saturated carbocycles. The molecule has 1 nitrogen and oxygen atoms in total. The summed E-state index contributed by atoms with van der Waals surface area (Å²) in [5, 5.41) is 0. The predicted octanol–water partition coefficient (Wildman–Crippen LogP) is 3.23. The number of aromatic nitrogens is 1. The van der Waals surface area contributed by atoms with Crippen molar-refractivity contribution in [3.05, 3.63) is 28.2 Å². The van der Waals surface area contributed by atoms with Gasteiger partial charge < -0.3 is 0 Å². The third-order valence-electron chi connectivity index (χ3n) is 1.43. The van der Waals surface area contributed by atoms with Crippen LogP contribution in [0.5, 0.6) is 0 Å². The van der Waals surface area contributed by atoms with Crippen molar-refractivity contribution in [2.24, 2.45) is 0 Å². The number of rotatable bonds is 0. The van der Waals surface area contributed by atoms with Gasteiger partial charge in [0.2, 0.25) is 0 Å². The van der Waals surface area contributed by atoms with E-state index in [1.54, 1.807) is 0 Å². The van der Waals surface area contributed by atoms with E-state index in [1.165, 1.54) is 6.07 Å². The molecule has 62 valence electrons. The Morgan fingerprint density at radius 1 is 1.33 bits per heavy atom. The van der Waals surface area contributed by atoms with Crippen LogP contribution in [0.15, 0.2) is 12.1 Å². The third kappa shape index (κ3) is 1.07. The summed E-state index contributed by atoms with van der Waals surface area (Å²) in [6.45, 7) is 0. The Morgan fingerprint density at radius 3 is 2.83 bits per heavy atom. The highest BCUT2D eigenvalue weighted by Gasteiger charge is 2.10. The fraction of sp³-hybridized carbons (Fsp3) is 0. The Hall–Kier alpha value is -0.740. The molecule has 1 aromatic heterocycles. The van der Waals surface area contributed by atoms with Crippen molar-refractivity contribution < 1.29 is 8.78 Å². The van der Waals surface area contributed by atoms with Crippen molar-refractivity contribution >= 4 is 33.2 Å². The first-order chi connectivity index (χ1) is 5.68. The zero-order valence-corrected chi connectivity index (χ0v) is 7.22. The maximum atomic E-state index is 12.9. The number of thiazole rings is 1. The van der Waals surface area contributed by atoms with Crippen LogP contribution in [0.4, 0.5) is 8.78 Å². The standard InChI is InChI=1S/C7H2ClF2NS/c8-7-11-6-4(12-7)2-1-3(9)5(6)10/h1-2H. The lowest BCUT2D eigenvalue weighted by Crippen LogP contribution is -1.83. The Balaban J connectivity index is 2.89. The van der Waals surface area contributed by atoms with Crippen LogP contribution in [0.3, 0.4) is 0 Å². The molecule has 0 atom stereocenters. The monoisotopic (exact) mass is 205 g/mol. The van der Waals surface area contributed by atoms with Gasteiger partial charge in [-0.05, 0) is 12.1 Å². The smallest absolute Gasteiger partial charge is 0.185 e. The Morgan fingerprint density at radius 2 is 2.08 bits per heavy atom. The van der Waals surface area contributed by atoms with Crippen LogP contribution < -0.4 is 0 Å². The van der Waals surface area contributed by atoms with Crippen LogP contribution in [0.2, 0.25) is 4.47 Å². The maximum absolute atomic E-state index is 12.9. The van der Waals surface area contributed by atoms with Gasteiger partial charge in [0.1, 0.15) is 5.52 Å². The molecule has 0 saturated heterocycles. The lowest BCUT2D eigenvalue weighted by Gasteiger charge is -1.90. The average Bonchev–Trinajstić information content (AvgIpc) is 2.39. The van der Waals surface area contributed by atoms with E-state index in [9.17, 15) is 8.78 Å². The molecular formula is C7H2ClF2NS. The van der Waals surface area contributed by atoms with Gasteiger partial charge in [0, 0.05) is 0 Å². The molecule has 0 aliphatic rings. The predicted molar refractivity (Wildman–Crippen MR) is 44.5 cm³/mol. The number of nitrogens with zero attached hydrogens (tertiary/aromatic N) is 1. The summed E-state index contributed by atoms with van der Waals surface area (Å²) in [7, 11) is 0. The summed E-state index contributed by atoms with van der Waals surface area (Å²) in [6.07, 6.45) is 0. The molecule has 0 unspecified atom stereocenters. The lowest BCUT2D eigenvalue weighted by atomic mass is 10.3. The van der Waals surface area contributed by atoms with Crippen LogP contribution in [0, 0.1) is 11.6 Å². The zero-order valence-electron chi connectivity index (χ0n) is 5.64. The van der Waals surface area contributed by atoms with E-state index in [-0.39, 0.29) is 9.98 Å². The fourth-order valence-corrected chi connectivity index (χ4v) is 1.93. The quantitative estimate of drug-likeness (QED) is 0.644. The van der Waals surface area contributed by atoms with Crippen LogP contribution in [0.25, 0.3) is 10.2 Å². The number of benzene rings is 1. The molecule has 0 amide bonds. The van der Waals surface area contributed by atoms with Crippen LogP contribution in [-0.2, 0) is 0 Å². The molecule has 0 aliphatic heterocycles. The first kappa shape index (κ1) is 7.89. The van der Waals surface area contributed by atoms with Crippen molar-refractivity contribution in [3.63, 3.8) is 0 Å². The number of fused-ring (bicyclic) bond motifs is 1. The van der Waals surface area contributed by atoms with E-state index < -0.39 is 11.6 Å². The molecular weight excluding hydrogens is 204 g/mol. The molecule has 0 aliphatic carbocycles. The summed E-state index contributed by atoms with van der Waals surface area (Å²) in [4.78, 5) is 3.64. The zero-order chi connectivity index (χ0) is 8.72. The summed E-state index contributed by atoms with van der Waals surface area (Å²) in [5.41, 5.74) is 0.00463. The normalized spacial score (nSPS) is 10.9. The molecule has 1 heterocycles. The van der Waals surface area contributed by atoms with Gasteiger partial charge in [-0.15, -0.1) is 11.3 Å². The lowest BCUT2D eigenvalue weighted by molar-refractivity contribution is 0.515. The molecule has 2 rings (SSSR count). The minimum Gasteiger partial charge on any atom is -0.222 e. The van der Waals surface area contributed by atoms with E-state index in [0.717, 1.165) is 17.4 Å². The van der Waals surface area contributed by atoms with Gasteiger partial charge in [-0.1, -0.05) is 11.6 Å². The number of hydrogen-bond acceptors (Lipinski definition) is 2. The van der Waals surface area contributed by atoms with Crippen molar-refractivity contribution in [1.82, 2.24) is 4.98 Å². The van der Waals surface area contributed by atoms with E-state index in [4.69, 9.17) is 11.6 Å². The molecule has 0 N–H and O–H groups in total. The summed E-state index contributed by atoms with van der Waals surface area (Å²) < 4.78 is 26.3. The highest BCUT2D eigenvalue weighted by Crippen LogP contribution is 2.28. The van der Waals surface area contributed by atoms with E-state index in [1.807, 2.05) is 0 Å². The molecule has 5 heteroatoms. The highest BCUT2D eigenvalue weighted by atomic mass is 35.5. The van der Waals surface area contributed by atoms with Crippen molar-refractivity contribution in [2.75, 3.05) is 0 Å². The second kappa shape index (κ2) is 2.64. The van der Waals surface area contributed by atoms with Crippen molar-refractivity contribution in [1.29, 1.82) is 0 Å². The Kier molecular flexibility index (Phi) is 1.73. The van der Waals surface area contributed by atoms with Gasteiger partial charge in [-0.2, -0.15) is 0 Å².